The summed E-state index contributed by atoms with van der Waals surface area (Å²) in [4.78, 5) is 24.7. The number of hydrogen-bond acceptors (Lipinski definition) is 6. The Balaban J connectivity index is 1.30. The molecule has 30 heavy (non-hydrogen) atoms. The van der Waals surface area contributed by atoms with Crippen LogP contribution in [0.3, 0.4) is 0 Å². The summed E-state index contributed by atoms with van der Waals surface area (Å²) in [7, 11) is 0. The maximum Gasteiger partial charge on any atom is 0.375 e. The van der Waals surface area contributed by atoms with Crippen molar-refractivity contribution in [3.05, 3.63) is 83.8 Å². The SMILES string of the molecule is O=C(COC(=O)c1occc1COc1ccccc1)NC1CCOc2ccccc21. The van der Waals surface area contributed by atoms with Gasteiger partial charge >= 0.3 is 5.97 Å². The highest BCUT2D eigenvalue weighted by molar-refractivity contribution is 5.90. The zero-order chi connectivity index (χ0) is 20.8. The van der Waals surface area contributed by atoms with E-state index >= 15 is 0 Å². The van der Waals surface area contributed by atoms with Gasteiger partial charge in [0.05, 0.1) is 18.9 Å². The second kappa shape index (κ2) is 9.17. The van der Waals surface area contributed by atoms with E-state index in [4.69, 9.17) is 18.6 Å². The minimum atomic E-state index is -0.714. The predicted molar refractivity (Wildman–Crippen MR) is 107 cm³/mol. The lowest BCUT2D eigenvalue weighted by molar-refractivity contribution is -0.125. The molecule has 154 valence electrons. The number of amides is 1. The number of benzene rings is 2. The van der Waals surface area contributed by atoms with Crippen LogP contribution in [0, 0.1) is 0 Å². The molecule has 3 aromatic rings. The number of esters is 1. The molecule has 0 fully saturated rings. The first-order chi connectivity index (χ1) is 14.7. The van der Waals surface area contributed by atoms with Gasteiger partial charge in [-0.25, -0.2) is 4.79 Å². The number of hydrogen-bond donors (Lipinski definition) is 1. The molecule has 1 N–H and O–H groups in total. The molecule has 0 saturated carbocycles. The molecule has 0 saturated heterocycles. The van der Waals surface area contributed by atoms with Crippen LogP contribution < -0.4 is 14.8 Å². The van der Waals surface area contributed by atoms with Gasteiger partial charge in [0.25, 0.3) is 5.91 Å². The van der Waals surface area contributed by atoms with E-state index in [0.717, 1.165) is 11.3 Å². The molecule has 1 aromatic heterocycles. The number of ether oxygens (including phenoxy) is 3. The molecule has 1 amide bonds. The smallest absolute Gasteiger partial charge is 0.375 e. The molecule has 1 aliphatic rings. The zero-order valence-electron chi connectivity index (χ0n) is 16.2. The van der Waals surface area contributed by atoms with Gasteiger partial charge in [0.2, 0.25) is 5.76 Å². The van der Waals surface area contributed by atoms with Crippen LogP contribution in [0.15, 0.2) is 71.3 Å². The molecule has 7 heteroatoms. The quantitative estimate of drug-likeness (QED) is 0.602. The van der Waals surface area contributed by atoms with Crippen LogP contribution in [0.4, 0.5) is 0 Å². The Kier molecular flexibility index (Phi) is 5.98. The Morgan fingerprint density at radius 1 is 1.03 bits per heavy atom. The zero-order valence-corrected chi connectivity index (χ0v) is 16.2. The van der Waals surface area contributed by atoms with Gasteiger partial charge in [0.15, 0.2) is 6.61 Å². The Hall–Kier alpha value is -3.74. The van der Waals surface area contributed by atoms with E-state index in [1.54, 1.807) is 6.07 Å². The summed E-state index contributed by atoms with van der Waals surface area (Å²) in [5.74, 6) is 0.349. The summed E-state index contributed by atoms with van der Waals surface area (Å²) >= 11 is 0. The molecule has 1 unspecified atom stereocenters. The number of fused-ring (bicyclic) bond motifs is 1. The summed E-state index contributed by atoms with van der Waals surface area (Å²) in [5, 5.41) is 2.89. The van der Waals surface area contributed by atoms with E-state index in [2.05, 4.69) is 5.32 Å². The Labute approximate surface area is 173 Å². The van der Waals surface area contributed by atoms with Crippen molar-refractivity contribution in [2.75, 3.05) is 13.2 Å². The van der Waals surface area contributed by atoms with Crippen molar-refractivity contribution in [2.24, 2.45) is 0 Å². The number of para-hydroxylation sites is 2. The molecule has 0 spiro atoms. The fraction of sp³-hybridized carbons (Fsp3) is 0.217. The van der Waals surface area contributed by atoms with E-state index in [0.29, 0.717) is 24.3 Å². The second-order valence-electron chi connectivity index (χ2n) is 6.75. The van der Waals surface area contributed by atoms with Crippen molar-refractivity contribution in [1.29, 1.82) is 0 Å². The number of carbonyl (C=O) groups excluding carboxylic acids is 2. The van der Waals surface area contributed by atoms with Gasteiger partial charge in [-0.3, -0.25) is 4.79 Å². The van der Waals surface area contributed by atoms with Crippen molar-refractivity contribution in [2.45, 2.75) is 19.1 Å². The van der Waals surface area contributed by atoms with Crippen molar-refractivity contribution >= 4 is 11.9 Å². The number of nitrogens with one attached hydrogen (secondary N) is 1. The topological polar surface area (TPSA) is 87.0 Å². The van der Waals surface area contributed by atoms with E-state index in [-0.39, 0.29) is 18.4 Å². The number of furan rings is 1. The van der Waals surface area contributed by atoms with Gasteiger partial charge < -0.3 is 23.9 Å². The van der Waals surface area contributed by atoms with Crippen LogP contribution in [-0.2, 0) is 16.1 Å². The van der Waals surface area contributed by atoms with Gasteiger partial charge in [0, 0.05) is 17.5 Å². The van der Waals surface area contributed by atoms with Crippen LogP contribution in [0.25, 0.3) is 0 Å². The number of carbonyl (C=O) groups is 2. The summed E-state index contributed by atoms with van der Waals surface area (Å²) < 4.78 is 21.6. The molecule has 7 nitrogen and oxygen atoms in total. The summed E-state index contributed by atoms with van der Waals surface area (Å²) in [6.45, 7) is 0.257. The van der Waals surface area contributed by atoms with E-state index < -0.39 is 18.5 Å². The Bertz CT molecular complexity index is 1010. The highest BCUT2D eigenvalue weighted by Gasteiger charge is 2.24. The third kappa shape index (κ3) is 4.63. The third-order valence-corrected chi connectivity index (χ3v) is 4.70. The molecule has 4 rings (SSSR count). The molecule has 0 aliphatic carbocycles. The molecular formula is C23H21NO6. The van der Waals surface area contributed by atoms with Crippen molar-refractivity contribution in [3.8, 4) is 11.5 Å². The van der Waals surface area contributed by atoms with Gasteiger partial charge in [-0.2, -0.15) is 0 Å². The van der Waals surface area contributed by atoms with Crippen molar-refractivity contribution in [1.82, 2.24) is 5.32 Å². The third-order valence-electron chi connectivity index (χ3n) is 4.70. The molecule has 1 atom stereocenters. The molecule has 0 radical (unpaired) electrons. The average Bonchev–Trinajstić information content (AvgIpc) is 3.26. The summed E-state index contributed by atoms with van der Waals surface area (Å²) in [6, 6.07) is 18.2. The van der Waals surface area contributed by atoms with Crippen LogP contribution in [0.1, 0.15) is 34.1 Å². The van der Waals surface area contributed by atoms with Crippen LogP contribution in [0.5, 0.6) is 11.5 Å². The lowest BCUT2D eigenvalue weighted by Gasteiger charge is -2.26. The minimum absolute atomic E-state index is 0.0233. The Morgan fingerprint density at radius 2 is 1.83 bits per heavy atom. The highest BCUT2D eigenvalue weighted by Crippen LogP contribution is 2.31. The lowest BCUT2D eigenvalue weighted by Crippen LogP contribution is -2.35. The van der Waals surface area contributed by atoms with E-state index in [1.807, 2.05) is 54.6 Å². The van der Waals surface area contributed by atoms with Crippen LogP contribution in [0.2, 0.25) is 0 Å². The van der Waals surface area contributed by atoms with Crippen molar-refractivity contribution in [3.63, 3.8) is 0 Å². The first kappa shape index (κ1) is 19.6. The molecule has 2 aromatic carbocycles. The maximum atomic E-state index is 12.4. The van der Waals surface area contributed by atoms with Gasteiger partial charge in [-0.1, -0.05) is 36.4 Å². The standard InChI is InChI=1S/C23H21NO6/c25-21(24-19-11-13-27-20-9-5-4-8-18(19)20)15-30-23(26)22-16(10-12-28-22)14-29-17-6-2-1-3-7-17/h1-10,12,19H,11,13-15H2,(H,24,25). The minimum Gasteiger partial charge on any atom is -0.493 e. The predicted octanol–water partition coefficient (Wildman–Crippen LogP) is 3.66. The summed E-state index contributed by atoms with van der Waals surface area (Å²) in [6.07, 6.45) is 2.04. The van der Waals surface area contributed by atoms with Gasteiger partial charge in [-0.05, 0) is 24.3 Å². The van der Waals surface area contributed by atoms with Gasteiger partial charge in [0.1, 0.15) is 18.1 Å². The molecule has 0 bridgehead atoms. The fourth-order valence-corrected chi connectivity index (χ4v) is 3.23. The summed E-state index contributed by atoms with van der Waals surface area (Å²) in [5.41, 5.74) is 1.46. The van der Waals surface area contributed by atoms with E-state index in [1.165, 1.54) is 6.26 Å². The first-order valence-electron chi connectivity index (χ1n) is 9.63. The first-order valence-corrected chi connectivity index (χ1v) is 9.63. The molecular weight excluding hydrogens is 386 g/mol. The van der Waals surface area contributed by atoms with Crippen LogP contribution >= 0.6 is 0 Å². The van der Waals surface area contributed by atoms with Crippen molar-refractivity contribution < 1.29 is 28.2 Å². The second-order valence-corrected chi connectivity index (χ2v) is 6.75. The lowest BCUT2D eigenvalue weighted by atomic mass is 10.0. The highest BCUT2D eigenvalue weighted by atomic mass is 16.5. The Morgan fingerprint density at radius 3 is 2.70 bits per heavy atom. The van der Waals surface area contributed by atoms with Gasteiger partial charge in [-0.15, -0.1) is 0 Å². The van der Waals surface area contributed by atoms with E-state index in [9.17, 15) is 9.59 Å². The molecule has 2 heterocycles. The average molecular weight is 407 g/mol. The molecule has 1 aliphatic heterocycles. The maximum absolute atomic E-state index is 12.4. The van der Waals surface area contributed by atoms with Crippen LogP contribution in [-0.4, -0.2) is 25.1 Å². The number of rotatable bonds is 7. The fourth-order valence-electron chi connectivity index (χ4n) is 3.23. The normalized spacial score (nSPS) is 14.9. The monoisotopic (exact) mass is 407 g/mol. The largest absolute Gasteiger partial charge is 0.493 e.